The van der Waals surface area contributed by atoms with Gasteiger partial charge in [0.1, 0.15) is 10.7 Å². The number of hydrogen-bond acceptors (Lipinski definition) is 3. The average Bonchev–Trinajstić information content (AvgIpc) is 2.21. The molecule has 17 heavy (non-hydrogen) atoms. The Kier molecular flexibility index (Phi) is 3.95. The number of halogens is 2. The van der Waals surface area contributed by atoms with Crippen LogP contribution in [-0.2, 0) is 4.79 Å². The van der Waals surface area contributed by atoms with Crippen molar-refractivity contribution in [3.8, 4) is 0 Å². The number of aromatic nitrogens is 1. The molecule has 0 bridgehead atoms. The third-order valence-electron chi connectivity index (χ3n) is 2.10. The molecule has 5 nitrogen and oxygen atoms in total. The zero-order valence-corrected chi connectivity index (χ0v) is 10.8. The van der Waals surface area contributed by atoms with Crippen LogP contribution in [0.1, 0.15) is 24.2 Å². The second kappa shape index (κ2) is 4.89. The lowest BCUT2D eigenvalue weighted by molar-refractivity contribution is -0.122. The summed E-state index contributed by atoms with van der Waals surface area (Å²) in [6.07, 6.45) is 1.26. The third-order valence-corrected chi connectivity index (χ3v) is 2.79. The van der Waals surface area contributed by atoms with Gasteiger partial charge in [-0.25, -0.2) is 4.98 Å². The van der Waals surface area contributed by atoms with Crippen molar-refractivity contribution in [2.24, 2.45) is 5.73 Å². The zero-order valence-electron chi connectivity index (χ0n) is 9.25. The highest BCUT2D eigenvalue weighted by atomic mass is 35.5. The van der Waals surface area contributed by atoms with Gasteiger partial charge in [0, 0.05) is 6.20 Å². The number of primary amides is 1. The van der Waals surface area contributed by atoms with E-state index in [0.717, 1.165) is 0 Å². The van der Waals surface area contributed by atoms with Crippen LogP contribution in [-0.4, -0.2) is 22.3 Å². The lowest BCUT2D eigenvalue weighted by Crippen LogP contribution is -2.53. The van der Waals surface area contributed by atoms with Crippen molar-refractivity contribution in [2.45, 2.75) is 19.4 Å². The molecule has 0 fully saturated rings. The normalized spacial score (nSPS) is 11.1. The summed E-state index contributed by atoms with van der Waals surface area (Å²) in [5.74, 6) is -1.14. The van der Waals surface area contributed by atoms with E-state index in [2.05, 4.69) is 10.3 Å². The Labute approximate surface area is 108 Å². The molecule has 1 aromatic heterocycles. The van der Waals surface area contributed by atoms with Crippen LogP contribution in [0.25, 0.3) is 0 Å². The molecule has 0 aliphatic rings. The highest BCUT2D eigenvalue weighted by Crippen LogP contribution is 2.19. The van der Waals surface area contributed by atoms with Gasteiger partial charge in [-0.15, -0.1) is 0 Å². The van der Waals surface area contributed by atoms with Gasteiger partial charge < -0.3 is 11.1 Å². The average molecular weight is 276 g/mol. The molecule has 1 heterocycles. The van der Waals surface area contributed by atoms with Crippen LogP contribution in [0.5, 0.6) is 0 Å². The van der Waals surface area contributed by atoms with Gasteiger partial charge in [0.25, 0.3) is 5.91 Å². The summed E-state index contributed by atoms with van der Waals surface area (Å²) in [6.45, 7) is 3.00. The molecule has 2 amide bonds. The number of carbonyl (C=O) groups excluding carboxylic acids is 2. The number of carbonyl (C=O) groups is 2. The second-order valence-electron chi connectivity index (χ2n) is 3.94. The van der Waals surface area contributed by atoms with Gasteiger partial charge in [-0.3, -0.25) is 9.59 Å². The Hall–Kier alpha value is -1.33. The summed E-state index contributed by atoms with van der Waals surface area (Å²) in [5.41, 5.74) is 4.19. The summed E-state index contributed by atoms with van der Waals surface area (Å²) < 4.78 is 0. The van der Waals surface area contributed by atoms with Crippen molar-refractivity contribution >= 4 is 35.0 Å². The molecule has 0 saturated carbocycles. The lowest BCUT2D eigenvalue weighted by Gasteiger charge is -2.22. The van der Waals surface area contributed by atoms with Gasteiger partial charge in [0.05, 0.1) is 10.6 Å². The molecule has 0 aliphatic carbocycles. The van der Waals surface area contributed by atoms with Gasteiger partial charge in [-0.1, -0.05) is 23.2 Å². The number of hydrogen-bond donors (Lipinski definition) is 2. The minimum atomic E-state index is -1.15. The molecule has 0 radical (unpaired) electrons. The van der Waals surface area contributed by atoms with Crippen LogP contribution in [0.3, 0.4) is 0 Å². The van der Waals surface area contributed by atoms with E-state index < -0.39 is 17.4 Å². The summed E-state index contributed by atoms with van der Waals surface area (Å²) in [4.78, 5) is 26.6. The SMILES string of the molecule is CC(C)(NC(=O)c1cnc(Cl)c(Cl)c1)C(N)=O. The predicted molar refractivity (Wildman–Crippen MR) is 65.0 cm³/mol. The first kappa shape index (κ1) is 13.7. The fourth-order valence-corrected chi connectivity index (χ4v) is 1.23. The fraction of sp³-hybridized carbons (Fsp3) is 0.300. The third kappa shape index (κ3) is 3.31. The Balaban J connectivity index is 2.91. The summed E-state index contributed by atoms with van der Waals surface area (Å²) in [6, 6.07) is 1.36. The van der Waals surface area contributed by atoms with Crippen LogP contribution in [0.15, 0.2) is 12.3 Å². The van der Waals surface area contributed by atoms with Crippen LogP contribution >= 0.6 is 23.2 Å². The van der Waals surface area contributed by atoms with E-state index >= 15 is 0 Å². The van der Waals surface area contributed by atoms with Gasteiger partial charge >= 0.3 is 0 Å². The van der Waals surface area contributed by atoms with Crippen molar-refractivity contribution in [3.63, 3.8) is 0 Å². The maximum atomic E-state index is 11.8. The number of nitrogens with two attached hydrogens (primary N) is 1. The van der Waals surface area contributed by atoms with Crippen molar-refractivity contribution in [2.75, 3.05) is 0 Å². The lowest BCUT2D eigenvalue weighted by atomic mass is 10.0. The Morgan fingerprint density at radius 1 is 1.41 bits per heavy atom. The zero-order chi connectivity index (χ0) is 13.2. The maximum Gasteiger partial charge on any atom is 0.253 e. The molecule has 1 rings (SSSR count). The molecular weight excluding hydrogens is 265 g/mol. The number of pyridine rings is 1. The first-order valence-electron chi connectivity index (χ1n) is 4.67. The van der Waals surface area contributed by atoms with Crippen molar-refractivity contribution < 1.29 is 9.59 Å². The van der Waals surface area contributed by atoms with E-state index in [0.29, 0.717) is 0 Å². The van der Waals surface area contributed by atoms with Gasteiger partial charge in [0.2, 0.25) is 5.91 Å². The van der Waals surface area contributed by atoms with Crippen LogP contribution < -0.4 is 11.1 Å². The van der Waals surface area contributed by atoms with Crippen molar-refractivity contribution in [1.29, 1.82) is 0 Å². The molecule has 0 saturated heterocycles. The molecule has 3 N–H and O–H groups in total. The van der Waals surface area contributed by atoms with Crippen molar-refractivity contribution in [1.82, 2.24) is 10.3 Å². The van der Waals surface area contributed by atoms with Gasteiger partial charge in [-0.2, -0.15) is 0 Å². The molecule has 1 aromatic rings. The minimum Gasteiger partial charge on any atom is -0.368 e. The Morgan fingerprint density at radius 3 is 2.47 bits per heavy atom. The van der Waals surface area contributed by atoms with E-state index in [1.54, 1.807) is 0 Å². The molecule has 0 aromatic carbocycles. The molecule has 0 atom stereocenters. The number of rotatable bonds is 3. The number of nitrogens with one attached hydrogen (secondary N) is 1. The minimum absolute atomic E-state index is 0.109. The molecule has 0 spiro atoms. The van der Waals surface area contributed by atoms with Crippen LogP contribution in [0.2, 0.25) is 10.2 Å². The van der Waals surface area contributed by atoms with E-state index in [1.807, 2.05) is 0 Å². The second-order valence-corrected chi connectivity index (χ2v) is 4.71. The van der Waals surface area contributed by atoms with Gasteiger partial charge in [0.15, 0.2) is 0 Å². The largest absolute Gasteiger partial charge is 0.368 e. The van der Waals surface area contributed by atoms with Crippen molar-refractivity contribution in [3.05, 3.63) is 28.0 Å². The standard InChI is InChI=1S/C10H11Cl2N3O2/c1-10(2,9(13)17)15-8(16)5-3-6(11)7(12)14-4-5/h3-4H,1-2H3,(H2,13,17)(H,15,16). The van der Waals surface area contributed by atoms with E-state index in [1.165, 1.54) is 26.1 Å². The highest BCUT2D eigenvalue weighted by Gasteiger charge is 2.27. The quantitative estimate of drug-likeness (QED) is 0.818. The fourth-order valence-electron chi connectivity index (χ4n) is 0.963. The Morgan fingerprint density at radius 2 is 2.00 bits per heavy atom. The van der Waals surface area contributed by atoms with Crippen LogP contribution in [0.4, 0.5) is 0 Å². The molecule has 7 heteroatoms. The molecular formula is C10H11Cl2N3O2. The first-order valence-corrected chi connectivity index (χ1v) is 5.43. The summed E-state index contributed by atoms with van der Waals surface area (Å²) in [7, 11) is 0. The summed E-state index contributed by atoms with van der Waals surface area (Å²) in [5, 5.41) is 2.74. The predicted octanol–water partition coefficient (Wildman–Crippen LogP) is 1.38. The van der Waals surface area contributed by atoms with E-state index in [4.69, 9.17) is 28.9 Å². The maximum absolute atomic E-state index is 11.8. The molecule has 0 aliphatic heterocycles. The number of amides is 2. The smallest absolute Gasteiger partial charge is 0.253 e. The van der Waals surface area contributed by atoms with Crippen LogP contribution in [0, 0.1) is 0 Å². The topological polar surface area (TPSA) is 85.1 Å². The highest BCUT2D eigenvalue weighted by molar-refractivity contribution is 6.41. The molecule has 0 unspecified atom stereocenters. The first-order chi connectivity index (χ1) is 7.74. The summed E-state index contributed by atoms with van der Waals surface area (Å²) >= 11 is 11.3. The van der Waals surface area contributed by atoms with E-state index in [-0.39, 0.29) is 15.7 Å². The Bertz CT molecular complexity index is 475. The van der Waals surface area contributed by atoms with E-state index in [9.17, 15) is 9.59 Å². The number of nitrogens with zero attached hydrogens (tertiary/aromatic N) is 1. The molecule has 92 valence electrons. The van der Waals surface area contributed by atoms with Gasteiger partial charge in [-0.05, 0) is 19.9 Å². The monoisotopic (exact) mass is 275 g/mol.